The molecule has 2 rings (SSSR count). The molecule has 1 aliphatic heterocycles. The lowest BCUT2D eigenvalue weighted by Crippen LogP contribution is -2.13. The van der Waals surface area contributed by atoms with Gasteiger partial charge in [0.15, 0.2) is 0 Å². The Morgan fingerprint density at radius 3 is 3.00 bits per heavy atom. The summed E-state index contributed by atoms with van der Waals surface area (Å²) in [6, 6.07) is 0. The molecule has 0 unspecified atom stereocenters. The van der Waals surface area contributed by atoms with E-state index < -0.39 is 5.91 Å². The Morgan fingerprint density at radius 1 is 1.67 bits per heavy atom. The fourth-order valence-electron chi connectivity index (χ4n) is 1.28. The number of aromatic nitrogens is 1. The van der Waals surface area contributed by atoms with E-state index in [-0.39, 0.29) is 24.5 Å². The number of nitrogens with zero attached hydrogens (tertiary/aromatic N) is 1. The molecule has 0 saturated heterocycles. The van der Waals surface area contributed by atoms with E-state index in [0.717, 1.165) is 0 Å². The van der Waals surface area contributed by atoms with Crippen molar-refractivity contribution in [3.8, 4) is 0 Å². The number of ether oxygens (including phenoxy) is 1. The van der Waals surface area contributed by atoms with Crippen molar-refractivity contribution in [3.05, 3.63) is 28.2 Å². The van der Waals surface area contributed by atoms with Crippen LogP contribution in [0.4, 0.5) is 0 Å². The van der Waals surface area contributed by atoms with Crippen LogP contribution >= 0.6 is 11.3 Å². The average molecular weight is 226 g/mol. The Morgan fingerprint density at radius 2 is 2.47 bits per heavy atom. The van der Waals surface area contributed by atoms with Crippen LogP contribution in [0.2, 0.25) is 0 Å². The second-order valence-corrected chi connectivity index (χ2v) is 3.99. The highest BCUT2D eigenvalue weighted by Crippen LogP contribution is 2.28. The maximum atomic E-state index is 10.8. The highest BCUT2D eigenvalue weighted by molar-refractivity contribution is 7.09. The molecule has 1 amide bonds. The van der Waals surface area contributed by atoms with Crippen LogP contribution in [0.25, 0.3) is 0 Å². The van der Waals surface area contributed by atoms with Crippen molar-refractivity contribution >= 4 is 17.2 Å². The number of hydrogen-bond acceptors (Lipinski definition) is 5. The number of hydrogen-bond donors (Lipinski definition) is 2. The lowest BCUT2D eigenvalue weighted by Gasteiger charge is -2.08. The number of amides is 1. The molecule has 0 radical (unpaired) electrons. The lowest BCUT2D eigenvalue weighted by molar-refractivity contribution is 0.0250. The normalized spacial score (nSPS) is 24.6. The minimum absolute atomic E-state index is 0.0545. The Bertz CT molecular complexity index is 402. The molecule has 0 fully saturated rings. The smallest absolute Gasteiger partial charge is 0.268 e. The Kier molecular flexibility index (Phi) is 2.81. The molecule has 15 heavy (non-hydrogen) atoms. The minimum atomic E-state index is -0.543. The Hall–Kier alpha value is -1.24. The maximum Gasteiger partial charge on any atom is 0.268 e. The molecule has 0 saturated carbocycles. The van der Waals surface area contributed by atoms with E-state index in [1.807, 2.05) is 6.08 Å². The van der Waals surface area contributed by atoms with Crippen molar-refractivity contribution < 1.29 is 14.6 Å². The molecule has 1 aliphatic rings. The highest BCUT2D eigenvalue weighted by atomic mass is 32.1. The van der Waals surface area contributed by atoms with Crippen LogP contribution in [0.5, 0.6) is 0 Å². The number of nitrogens with two attached hydrogens (primary N) is 1. The summed E-state index contributed by atoms with van der Waals surface area (Å²) in [4.78, 5) is 14.9. The van der Waals surface area contributed by atoms with Gasteiger partial charge in [0.1, 0.15) is 22.9 Å². The molecule has 80 valence electrons. The van der Waals surface area contributed by atoms with Gasteiger partial charge in [0.25, 0.3) is 5.91 Å². The number of carbonyl (C=O) groups is 1. The topological polar surface area (TPSA) is 85.4 Å². The first-order valence-electron chi connectivity index (χ1n) is 4.40. The van der Waals surface area contributed by atoms with Gasteiger partial charge in [-0.05, 0) is 0 Å². The first-order valence-corrected chi connectivity index (χ1v) is 5.28. The summed E-state index contributed by atoms with van der Waals surface area (Å²) < 4.78 is 5.42. The van der Waals surface area contributed by atoms with Gasteiger partial charge in [-0.15, -0.1) is 11.3 Å². The molecule has 1 aromatic heterocycles. The van der Waals surface area contributed by atoms with Gasteiger partial charge < -0.3 is 15.6 Å². The number of rotatable bonds is 3. The van der Waals surface area contributed by atoms with Crippen LogP contribution in [-0.2, 0) is 4.74 Å². The quantitative estimate of drug-likeness (QED) is 0.722. The second-order valence-electron chi connectivity index (χ2n) is 3.10. The molecular weight excluding hydrogens is 216 g/mol. The van der Waals surface area contributed by atoms with Crippen LogP contribution in [0.1, 0.15) is 21.6 Å². The zero-order chi connectivity index (χ0) is 10.8. The van der Waals surface area contributed by atoms with Crippen LogP contribution in [0.15, 0.2) is 17.5 Å². The first kappa shape index (κ1) is 10.3. The molecule has 1 aromatic rings. The third-order valence-electron chi connectivity index (χ3n) is 2.02. The molecular formula is C9H10N2O3S. The molecule has 0 bridgehead atoms. The number of thiazole rings is 1. The van der Waals surface area contributed by atoms with Gasteiger partial charge in [0.05, 0.1) is 6.61 Å². The number of aliphatic hydroxyl groups is 1. The summed E-state index contributed by atoms with van der Waals surface area (Å²) >= 11 is 1.32. The standard InChI is InChI=1S/C9H10N2O3S/c10-8(13)6-4-15-9(11-6)7-2-1-5(3-12)14-7/h1-2,4-5,7,12H,3H2,(H2,10,13)/t5-,7+/m0/s1. The number of carbonyl (C=O) groups excluding carboxylic acids is 1. The molecule has 5 nitrogen and oxygen atoms in total. The van der Waals surface area contributed by atoms with Crippen LogP contribution in [-0.4, -0.2) is 28.7 Å². The van der Waals surface area contributed by atoms with E-state index in [1.165, 1.54) is 11.3 Å². The predicted molar refractivity (Wildman–Crippen MR) is 54.5 cm³/mol. The van der Waals surface area contributed by atoms with Gasteiger partial charge in [-0.2, -0.15) is 0 Å². The fourth-order valence-corrected chi connectivity index (χ4v) is 2.10. The van der Waals surface area contributed by atoms with Crippen molar-refractivity contribution in [2.45, 2.75) is 12.2 Å². The van der Waals surface area contributed by atoms with E-state index in [2.05, 4.69) is 4.98 Å². The maximum absolute atomic E-state index is 10.8. The molecule has 3 N–H and O–H groups in total. The number of primary amides is 1. The van der Waals surface area contributed by atoms with Gasteiger partial charge in [-0.25, -0.2) is 4.98 Å². The van der Waals surface area contributed by atoms with E-state index in [9.17, 15) is 4.79 Å². The zero-order valence-electron chi connectivity index (χ0n) is 7.79. The van der Waals surface area contributed by atoms with Gasteiger partial charge in [-0.3, -0.25) is 4.79 Å². The molecule has 2 heterocycles. The summed E-state index contributed by atoms with van der Waals surface area (Å²) in [5.41, 5.74) is 5.34. The van der Waals surface area contributed by atoms with Crippen molar-refractivity contribution in [2.75, 3.05) is 6.61 Å². The van der Waals surface area contributed by atoms with E-state index >= 15 is 0 Å². The van der Waals surface area contributed by atoms with E-state index in [0.29, 0.717) is 5.01 Å². The summed E-state index contributed by atoms with van der Waals surface area (Å²) in [6.45, 7) is -0.0545. The minimum Gasteiger partial charge on any atom is -0.393 e. The zero-order valence-corrected chi connectivity index (χ0v) is 8.61. The van der Waals surface area contributed by atoms with Gasteiger partial charge in [-0.1, -0.05) is 12.2 Å². The monoisotopic (exact) mass is 226 g/mol. The third-order valence-corrected chi connectivity index (χ3v) is 2.93. The second kappa shape index (κ2) is 4.09. The largest absolute Gasteiger partial charge is 0.393 e. The van der Waals surface area contributed by atoms with Crippen LogP contribution < -0.4 is 5.73 Å². The summed E-state index contributed by atoms with van der Waals surface area (Å²) in [7, 11) is 0. The average Bonchev–Trinajstić information content (AvgIpc) is 2.86. The van der Waals surface area contributed by atoms with Crippen molar-refractivity contribution in [1.82, 2.24) is 4.98 Å². The third kappa shape index (κ3) is 2.06. The fraction of sp³-hybridized carbons (Fsp3) is 0.333. The Labute approximate surface area is 90.2 Å². The van der Waals surface area contributed by atoms with Crippen molar-refractivity contribution in [3.63, 3.8) is 0 Å². The molecule has 0 aliphatic carbocycles. The highest BCUT2D eigenvalue weighted by Gasteiger charge is 2.23. The predicted octanol–water partition coefficient (Wildman–Crippen LogP) is 0.230. The summed E-state index contributed by atoms with van der Waals surface area (Å²) in [5.74, 6) is -0.543. The van der Waals surface area contributed by atoms with Gasteiger partial charge >= 0.3 is 0 Å². The van der Waals surface area contributed by atoms with Crippen LogP contribution in [0.3, 0.4) is 0 Å². The number of aliphatic hydroxyl groups excluding tert-OH is 1. The van der Waals surface area contributed by atoms with Crippen molar-refractivity contribution in [1.29, 1.82) is 0 Å². The molecule has 2 atom stereocenters. The van der Waals surface area contributed by atoms with Crippen molar-refractivity contribution in [2.24, 2.45) is 5.73 Å². The first-order chi connectivity index (χ1) is 7.20. The van der Waals surface area contributed by atoms with Gasteiger partial charge in [0.2, 0.25) is 0 Å². The SMILES string of the molecule is NC(=O)c1csc([C@H]2C=C[C@@H](CO)O2)n1. The van der Waals surface area contributed by atoms with Gasteiger partial charge in [0, 0.05) is 5.38 Å². The van der Waals surface area contributed by atoms with E-state index in [4.69, 9.17) is 15.6 Å². The molecule has 6 heteroatoms. The Balaban J connectivity index is 2.11. The lowest BCUT2D eigenvalue weighted by atomic mass is 10.3. The molecule has 0 aromatic carbocycles. The van der Waals surface area contributed by atoms with E-state index in [1.54, 1.807) is 11.5 Å². The molecule has 0 spiro atoms. The summed E-state index contributed by atoms with van der Waals surface area (Å²) in [5, 5.41) is 11.1. The van der Waals surface area contributed by atoms with Crippen LogP contribution in [0, 0.1) is 0 Å². The summed E-state index contributed by atoms with van der Waals surface area (Å²) in [6.07, 6.45) is 3.02.